The summed E-state index contributed by atoms with van der Waals surface area (Å²) in [6, 6.07) is 11.4. The summed E-state index contributed by atoms with van der Waals surface area (Å²) in [4.78, 5) is 33.5. The van der Waals surface area contributed by atoms with Crippen molar-refractivity contribution in [2.45, 2.75) is 33.7 Å². The second-order valence-electron chi connectivity index (χ2n) is 7.53. The number of piperazine rings is 1. The zero-order valence-corrected chi connectivity index (χ0v) is 17.0. The molecule has 1 fully saturated rings. The molecule has 148 valence electrons. The molecule has 1 N–H and O–H groups in total. The molecule has 0 radical (unpaired) electrons. The lowest BCUT2D eigenvalue weighted by molar-refractivity contribution is 0.0740. The Hall–Kier alpha value is -2.89. The van der Waals surface area contributed by atoms with Crippen molar-refractivity contribution in [2.24, 2.45) is 0 Å². The van der Waals surface area contributed by atoms with Gasteiger partial charge in [0.05, 0.1) is 0 Å². The van der Waals surface area contributed by atoms with Crippen molar-refractivity contribution >= 4 is 17.5 Å². The lowest BCUT2D eigenvalue weighted by Crippen LogP contribution is -2.49. The summed E-state index contributed by atoms with van der Waals surface area (Å²) >= 11 is 0. The number of rotatable bonds is 4. The van der Waals surface area contributed by atoms with Gasteiger partial charge in [-0.1, -0.05) is 18.2 Å². The molecule has 28 heavy (non-hydrogen) atoms. The van der Waals surface area contributed by atoms with Crippen LogP contribution in [0.2, 0.25) is 0 Å². The average Bonchev–Trinajstić information content (AvgIpc) is 2.69. The number of nitrogens with zero attached hydrogens (tertiary/aromatic N) is 3. The lowest BCUT2D eigenvalue weighted by atomic mass is 10.1. The maximum absolute atomic E-state index is 12.9. The van der Waals surface area contributed by atoms with Gasteiger partial charge in [-0.05, 0) is 57.0 Å². The Balaban J connectivity index is 1.67. The molecule has 1 aromatic carbocycles. The maximum Gasteiger partial charge on any atom is 0.272 e. The molecule has 0 bridgehead atoms. The lowest BCUT2D eigenvalue weighted by Gasteiger charge is -2.37. The first kappa shape index (κ1) is 19.9. The van der Waals surface area contributed by atoms with Crippen LogP contribution < -0.4 is 10.2 Å². The summed E-state index contributed by atoms with van der Waals surface area (Å²) in [5.41, 5.74) is 4.38. The number of carbonyl (C=O) groups is 2. The van der Waals surface area contributed by atoms with Gasteiger partial charge in [0.1, 0.15) is 11.4 Å². The molecule has 6 nitrogen and oxygen atoms in total. The van der Waals surface area contributed by atoms with Gasteiger partial charge in [0.2, 0.25) is 0 Å². The Bertz CT molecular complexity index is 871. The van der Waals surface area contributed by atoms with E-state index in [1.807, 2.05) is 18.7 Å². The van der Waals surface area contributed by atoms with Crippen LogP contribution in [0.1, 0.15) is 46.0 Å². The van der Waals surface area contributed by atoms with Gasteiger partial charge in [0.15, 0.2) is 0 Å². The smallest absolute Gasteiger partial charge is 0.272 e. The average molecular weight is 380 g/mol. The van der Waals surface area contributed by atoms with E-state index in [2.05, 4.69) is 47.2 Å². The van der Waals surface area contributed by atoms with Crippen molar-refractivity contribution in [3.05, 3.63) is 58.9 Å². The molecular weight excluding hydrogens is 352 g/mol. The van der Waals surface area contributed by atoms with Crippen LogP contribution in [0.4, 0.5) is 5.69 Å². The van der Waals surface area contributed by atoms with Gasteiger partial charge in [-0.2, -0.15) is 0 Å². The monoisotopic (exact) mass is 380 g/mol. The molecule has 1 aliphatic rings. The molecular formula is C22H28N4O2. The van der Waals surface area contributed by atoms with E-state index < -0.39 is 0 Å². The molecule has 0 aliphatic carbocycles. The largest absolute Gasteiger partial charge is 0.368 e. The fourth-order valence-electron chi connectivity index (χ4n) is 3.41. The van der Waals surface area contributed by atoms with E-state index in [-0.39, 0.29) is 23.6 Å². The number of amides is 2. The molecule has 0 unspecified atom stereocenters. The zero-order chi connectivity index (χ0) is 20.3. The molecule has 1 aliphatic heterocycles. The van der Waals surface area contributed by atoms with Crippen LogP contribution in [0.3, 0.4) is 0 Å². The first-order valence-corrected chi connectivity index (χ1v) is 9.75. The van der Waals surface area contributed by atoms with Crippen LogP contribution >= 0.6 is 0 Å². The van der Waals surface area contributed by atoms with Crippen LogP contribution in [0.25, 0.3) is 0 Å². The van der Waals surface area contributed by atoms with Gasteiger partial charge in [-0.15, -0.1) is 0 Å². The molecule has 0 spiro atoms. The molecule has 1 saturated heterocycles. The molecule has 6 heteroatoms. The highest BCUT2D eigenvalue weighted by Gasteiger charge is 2.24. The summed E-state index contributed by atoms with van der Waals surface area (Å²) in [7, 11) is 0. The Labute approximate surface area is 166 Å². The Morgan fingerprint density at radius 3 is 2.29 bits per heavy atom. The number of hydrogen-bond donors (Lipinski definition) is 1. The number of pyridine rings is 1. The highest BCUT2D eigenvalue weighted by Crippen LogP contribution is 2.24. The van der Waals surface area contributed by atoms with Crippen LogP contribution in [0.15, 0.2) is 36.4 Å². The highest BCUT2D eigenvalue weighted by molar-refractivity contribution is 5.96. The summed E-state index contributed by atoms with van der Waals surface area (Å²) in [5, 5.41) is 2.81. The topological polar surface area (TPSA) is 65.5 Å². The van der Waals surface area contributed by atoms with Crippen molar-refractivity contribution in [3.63, 3.8) is 0 Å². The van der Waals surface area contributed by atoms with E-state index in [1.165, 1.54) is 16.8 Å². The fourth-order valence-corrected chi connectivity index (χ4v) is 3.41. The number of aryl methyl sites for hydroxylation is 1. The summed E-state index contributed by atoms with van der Waals surface area (Å²) < 4.78 is 0. The van der Waals surface area contributed by atoms with E-state index in [4.69, 9.17) is 0 Å². The number of benzene rings is 1. The van der Waals surface area contributed by atoms with Crippen LogP contribution in [0.5, 0.6) is 0 Å². The number of aromatic nitrogens is 1. The minimum absolute atomic E-state index is 0.0202. The number of hydrogen-bond acceptors (Lipinski definition) is 4. The molecule has 3 rings (SSSR count). The van der Waals surface area contributed by atoms with E-state index in [1.54, 1.807) is 18.2 Å². The predicted octanol–water partition coefficient (Wildman–Crippen LogP) is 2.80. The van der Waals surface area contributed by atoms with Gasteiger partial charge in [0, 0.05) is 37.9 Å². The SMILES string of the molecule is Cc1cccc(N2CCN(C(=O)c3cccc(C(=O)NC(C)C)n3)CC2)c1C. The molecule has 1 aromatic heterocycles. The van der Waals surface area contributed by atoms with E-state index >= 15 is 0 Å². The fraction of sp³-hybridized carbons (Fsp3) is 0.409. The quantitative estimate of drug-likeness (QED) is 0.886. The Morgan fingerprint density at radius 1 is 0.964 bits per heavy atom. The Morgan fingerprint density at radius 2 is 1.61 bits per heavy atom. The third-order valence-corrected chi connectivity index (χ3v) is 5.10. The summed E-state index contributed by atoms with van der Waals surface area (Å²) in [6.45, 7) is 10.9. The van der Waals surface area contributed by atoms with Gasteiger partial charge < -0.3 is 15.1 Å². The zero-order valence-electron chi connectivity index (χ0n) is 17.0. The van der Waals surface area contributed by atoms with Crippen molar-refractivity contribution in [1.82, 2.24) is 15.2 Å². The first-order chi connectivity index (χ1) is 13.4. The number of nitrogens with one attached hydrogen (secondary N) is 1. The summed E-state index contributed by atoms with van der Waals surface area (Å²) in [5.74, 6) is -0.385. The first-order valence-electron chi connectivity index (χ1n) is 9.75. The molecule has 0 atom stereocenters. The number of anilines is 1. The van der Waals surface area contributed by atoms with Crippen molar-refractivity contribution in [2.75, 3.05) is 31.1 Å². The van der Waals surface area contributed by atoms with Gasteiger partial charge >= 0.3 is 0 Å². The second kappa shape index (κ2) is 8.42. The van der Waals surface area contributed by atoms with Crippen LogP contribution in [-0.2, 0) is 0 Å². The highest BCUT2D eigenvalue weighted by atomic mass is 16.2. The maximum atomic E-state index is 12.9. The molecule has 0 saturated carbocycles. The van der Waals surface area contributed by atoms with Crippen LogP contribution in [0, 0.1) is 13.8 Å². The molecule has 2 amide bonds. The van der Waals surface area contributed by atoms with Crippen molar-refractivity contribution in [1.29, 1.82) is 0 Å². The number of carbonyl (C=O) groups excluding carboxylic acids is 2. The van der Waals surface area contributed by atoms with Crippen LogP contribution in [-0.4, -0.2) is 53.9 Å². The third kappa shape index (κ3) is 4.32. The standard InChI is InChI=1S/C22H28N4O2/c1-15(2)23-21(27)18-8-6-9-19(24-18)22(28)26-13-11-25(12-14-26)20-10-5-7-16(3)17(20)4/h5-10,15H,11-14H2,1-4H3,(H,23,27). The normalized spacial score (nSPS) is 14.3. The Kier molecular flexibility index (Phi) is 5.97. The predicted molar refractivity (Wildman–Crippen MR) is 111 cm³/mol. The third-order valence-electron chi connectivity index (χ3n) is 5.10. The van der Waals surface area contributed by atoms with E-state index in [9.17, 15) is 9.59 Å². The summed E-state index contributed by atoms with van der Waals surface area (Å²) in [6.07, 6.45) is 0. The molecule has 2 aromatic rings. The van der Waals surface area contributed by atoms with E-state index in [0.717, 1.165) is 13.1 Å². The molecule has 2 heterocycles. The second-order valence-corrected chi connectivity index (χ2v) is 7.53. The van der Waals surface area contributed by atoms with Gasteiger partial charge in [-0.3, -0.25) is 9.59 Å². The van der Waals surface area contributed by atoms with Gasteiger partial charge in [-0.25, -0.2) is 4.98 Å². The van der Waals surface area contributed by atoms with E-state index in [0.29, 0.717) is 18.8 Å². The van der Waals surface area contributed by atoms with Crippen molar-refractivity contribution in [3.8, 4) is 0 Å². The van der Waals surface area contributed by atoms with Gasteiger partial charge in [0.25, 0.3) is 11.8 Å². The minimum Gasteiger partial charge on any atom is -0.368 e. The van der Waals surface area contributed by atoms with Crippen molar-refractivity contribution < 1.29 is 9.59 Å². The minimum atomic E-state index is -0.260.